The van der Waals surface area contributed by atoms with Gasteiger partial charge in [-0.15, -0.1) is 0 Å². The fourth-order valence-electron chi connectivity index (χ4n) is 0.939. The van der Waals surface area contributed by atoms with Gasteiger partial charge in [-0.25, -0.2) is 0 Å². The highest BCUT2D eigenvalue weighted by Crippen LogP contribution is 2.26. The van der Waals surface area contributed by atoms with Crippen molar-refractivity contribution in [2.75, 3.05) is 0 Å². The number of hydrogen-bond donors (Lipinski definition) is 1. The molecule has 1 unspecified atom stereocenters. The highest BCUT2D eigenvalue weighted by atomic mass is 127. The molecule has 1 aromatic carbocycles. The van der Waals surface area contributed by atoms with Crippen molar-refractivity contribution in [3.05, 3.63) is 39.9 Å². The summed E-state index contributed by atoms with van der Waals surface area (Å²) < 4.78 is -0.757. The van der Waals surface area contributed by atoms with Crippen LogP contribution in [0.5, 0.6) is 0 Å². The van der Waals surface area contributed by atoms with Crippen molar-refractivity contribution in [2.24, 2.45) is 0 Å². The largest absolute Gasteiger partial charge is 0.480 e. The minimum absolute atomic E-state index is 0.0922. The van der Waals surface area contributed by atoms with Crippen molar-refractivity contribution < 1.29 is 14.8 Å². The molecular formula is C8H6INO4. The first-order valence-electron chi connectivity index (χ1n) is 3.63. The van der Waals surface area contributed by atoms with Gasteiger partial charge in [0.2, 0.25) is 0 Å². The van der Waals surface area contributed by atoms with Crippen LogP contribution in [0.15, 0.2) is 24.3 Å². The van der Waals surface area contributed by atoms with E-state index in [0.29, 0.717) is 5.56 Å². The van der Waals surface area contributed by atoms with E-state index in [2.05, 4.69) is 0 Å². The molecule has 0 amide bonds. The van der Waals surface area contributed by atoms with Gasteiger partial charge in [0.15, 0.2) is 0 Å². The molecule has 0 fully saturated rings. The van der Waals surface area contributed by atoms with Crippen LogP contribution in [0.2, 0.25) is 0 Å². The summed E-state index contributed by atoms with van der Waals surface area (Å²) in [6.45, 7) is 0. The molecule has 0 aromatic heterocycles. The molecule has 0 saturated carbocycles. The average molecular weight is 307 g/mol. The number of nitrogens with zero attached hydrogens (tertiary/aromatic N) is 1. The minimum atomic E-state index is -1.01. The SMILES string of the molecule is O=C(O)C(I)c1cccc([N+](=O)[O-])c1. The van der Waals surface area contributed by atoms with E-state index in [1.807, 2.05) is 0 Å². The van der Waals surface area contributed by atoms with Crippen molar-refractivity contribution in [2.45, 2.75) is 3.92 Å². The van der Waals surface area contributed by atoms with E-state index < -0.39 is 14.8 Å². The van der Waals surface area contributed by atoms with Crippen LogP contribution < -0.4 is 0 Å². The standard InChI is InChI=1S/C8H6INO4/c9-7(8(11)12)5-2-1-3-6(4-5)10(13)14/h1-4,7H,(H,11,12). The summed E-state index contributed by atoms with van der Waals surface area (Å²) in [5.41, 5.74) is 0.331. The molecule has 6 heteroatoms. The maximum atomic E-state index is 10.6. The Hall–Kier alpha value is -1.18. The van der Waals surface area contributed by atoms with Crippen molar-refractivity contribution in [3.8, 4) is 0 Å². The Kier molecular flexibility index (Phi) is 3.39. The average Bonchev–Trinajstić information content (AvgIpc) is 2.16. The number of rotatable bonds is 3. The molecular weight excluding hydrogens is 301 g/mol. The molecule has 1 rings (SSSR count). The monoisotopic (exact) mass is 307 g/mol. The molecule has 0 spiro atoms. The van der Waals surface area contributed by atoms with Gasteiger partial charge < -0.3 is 5.11 Å². The number of halogens is 1. The fourth-order valence-corrected chi connectivity index (χ4v) is 1.33. The zero-order valence-corrected chi connectivity index (χ0v) is 9.04. The van der Waals surface area contributed by atoms with E-state index in [0.717, 1.165) is 0 Å². The van der Waals surface area contributed by atoms with Crippen LogP contribution in [0.4, 0.5) is 5.69 Å². The second-order valence-electron chi connectivity index (χ2n) is 2.55. The summed E-state index contributed by atoms with van der Waals surface area (Å²) in [6, 6.07) is 5.63. The van der Waals surface area contributed by atoms with E-state index in [9.17, 15) is 14.9 Å². The number of carbonyl (C=O) groups is 1. The number of carboxylic acids is 1. The van der Waals surface area contributed by atoms with E-state index in [1.54, 1.807) is 28.7 Å². The number of carboxylic acid groups (broad SMARTS) is 1. The summed E-state index contributed by atoms with van der Waals surface area (Å²) in [4.78, 5) is 20.5. The molecule has 0 aliphatic heterocycles. The van der Waals surface area contributed by atoms with Crippen LogP contribution in [-0.4, -0.2) is 16.0 Å². The van der Waals surface area contributed by atoms with Gasteiger partial charge in [-0.1, -0.05) is 34.7 Å². The Balaban J connectivity index is 3.05. The van der Waals surface area contributed by atoms with Crippen molar-refractivity contribution in [1.82, 2.24) is 0 Å². The number of hydrogen-bond acceptors (Lipinski definition) is 3. The first-order valence-corrected chi connectivity index (χ1v) is 4.88. The zero-order chi connectivity index (χ0) is 10.7. The summed E-state index contributed by atoms with van der Waals surface area (Å²) in [5, 5.41) is 19.1. The van der Waals surface area contributed by atoms with Crippen LogP contribution in [-0.2, 0) is 4.79 Å². The number of aliphatic carboxylic acids is 1. The summed E-state index contributed by atoms with van der Waals surface area (Å²) >= 11 is 1.72. The molecule has 0 bridgehead atoms. The second kappa shape index (κ2) is 4.36. The van der Waals surface area contributed by atoms with E-state index in [1.165, 1.54) is 18.2 Å². The van der Waals surface area contributed by atoms with Crippen LogP contribution in [0.3, 0.4) is 0 Å². The molecule has 0 aliphatic rings. The first-order chi connectivity index (χ1) is 6.52. The lowest BCUT2D eigenvalue weighted by Gasteiger charge is -2.03. The molecule has 0 saturated heterocycles. The lowest BCUT2D eigenvalue weighted by Crippen LogP contribution is -2.04. The molecule has 1 atom stereocenters. The number of nitro groups is 1. The highest BCUT2D eigenvalue weighted by molar-refractivity contribution is 14.1. The maximum Gasteiger partial charge on any atom is 0.321 e. The predicted molar refractivity (Wildman–Crippen MR) is 57.5 cm³/mol. The van der Waals surface area contributed by atoms with E-state index in [-0.39, 0.29) is 5.69 Å². The third-order valence-corrected chi connectivity index (χ3v) is 2.84. The Morgan fingerprint density at radius 3 is 2.71 bits per heavy atom. The second-order valence-corrected chi connectivity index (χ2v) is 3.80. The van der Waals surface area contributed by atoms with Gasteiger partial charge in [0, 0.05) is 12.1 Å². The molecule has 0 radical (unpaired) electrons. The minimum Gasteiger partial charge on any atom is -0.480 e. The van der Waals surface area contributed by atoms with Crippen molar-refractivity contribution in [1.29, 1.82) is 0 Å². The molecule has 0 heterocycles. The van der Waals surface area contributed by atoms with Gasteiger partial charge in [0.1, 0.15) is 3.92 Å². The summed E-state index contributed by atoms with van der Waals surface area (Å²) in [7, 11) is 0. The number of nitro benzene ring substituents is 1. The third kappa shape index (κ3) is 2.41. The number of non-ortho nitro benzene ring substituents is 1. The van der Waals surface area contributed by atoms with Gasteiger partial charge in [-0.3, -0.25) is 14.9 Å². The van der Waals surface area contributed by atoms with Crippen LogP contribution in [0, 0.1) is 10.1 Å². The van der Waals surface area contributed by atoms with Gasteiger partial charge >= 0.3 is 5.97 Å². The maximum absolute atomic E-state index is 10.6. The molecule has 1 N–H and O–H groups in total. The van der Waals surface area contributed by atoms with Gasteiger partial charge in [0.25, 0.3) is 5.69 Å². The molecule has 5 nitrogen and oxygen atoms in total. The normalized spacial score (nSPS) is 12.1. The highest BCUT2D eigenvalue weighted by Gasteiger charge is 2.17. The zero-order valence-electron chi connectivity index (χ0n) is 6.88. The lowest BCUT2D eigenvalue weighted by atomic mass is 10.1. The van der Waals surface area contributed by atoms with Crippen LogP contribution in [0.25, 0.3) is 0 Å². The Morgan fingerprint density at radius 1 is 1.57 bits per heavy atom. The van der Waals surface area contributed by atoms with Gasteiger partial charge in [-0.2, -0.15) is 0 Å². The molecule has 0 aliphatic carbocycles. The number of alkyl halides is 1. The molecule has 1 aromatic rings. The van der Waals surface area contributed by atoms with Crippen molar-refractivity contribution >= 4 is 34.2 Å². The Morgan fingerprint density at radius 2 is 2.21 bits per heavy atom. The summed E-state index contributed by atoms with van der Waals surface area (Å²) in [6.07, 6.45) is 0. The topological polar surface area (TPSA) is 80.4 Å². The lowest BCUT2D eigenvalue weighted by molar-refractivity contribution is -0.384. The van der Waals surface area contributed by atoms with Crippen LogP contribution >= 0.6 is 22.6 Å². The summed E-state index contributed by atoms with van der Waals surface area (Å²) in [5.74, 6) is -1.01. The Bertz CT molecular complexity index is 379. The molecule has 74 valence electrons. The first kappa shape index (κ1) is 10.9. The quantitative estimate of drug-likeness (QED) is 0.401. The van der Waals surface area contributed by atoms with E-state index in [4.69, 9.17) is 5.11 Å². The third-order valence-electron chi connectivity index (χ3n) is 1.59. The smallest absolute Gasteiger partial charge is 0.321 e. The predicted octanol–water partition coefficient (Wildman–Crippen LogP) is 2.16. The van der Waals surface area contributed by atoms with Gasteiger partial charge in [-0.05, 0) is 5.56 Å². The molecule has 14 heavy (non-hydrogen) atoms. The van der Waals surface area contributed by atoms with E-state index >= 15 is 0 Å². The fraction of sp³-hybridized carbons (Fsp3) is 0.125. The van der Waals surface area contributed by atoms with Crippen LogP contribution in [0.1, 0.15) is 9.49 Å². The Labute approximate surface area is 93.0 Å². The van der Waals surface area contributed by atoms with Gasteiger partial charge in [0.05, 0.1) is 4.92 Å². The van der Waals surface area contributed by atoms with Crippen molar-refractivity contribution in [3.63, 3.8) is 0 Å². The number of benzene rings is 1.